The van der Waals surface area contributed by atoms with E-state index in [1.54, 1.807) is 0 Å². The average Bonchev–Trinajstić information content (AvgIpc) is 3.16. The Kier molecular flexibility index (Phi) is 7.11. The van der Waals surface area contributed by atoms with Gasteiger partial charge in [-0.2, -0.15) is 16.9 Å². The van der Waals surface area contributed by atoms with Gasteiger partial charge in [0, 0.05) is 23.9 Å². The molecule has 21 heavy (non-hydrogen) atoms. The molecule has 0 aromatic carbocycles. The molecular weight excluding hydrogens is 278 g/mol. The summed E-state index contributed by atoms with van der Waals surface area (Å²) >= 11 is 2.15. The van der Waals surface area contributed by atoms with Crippen molar-refractivity contribution in [2.75, 3.05) is 12.3 Å². The van der Waals surface area contributed by atoms with E-state index in [-0.39, 0.29) is 0 Å². The van der Waals surface area contributed by atoms with Crippen molar-refractivity contribution in [3.63, 3.8) is 0 Å². The van der Waals surface area contributed by atoms with Crippen molar-refractivity contribution < 1.29 is 0 Å². The molecule has 2 atom stereocenters. The minimum absolute atomic E-state index is 0.557. The monoisotopic (exact) mass is 309 g/mol. The average molecular weight is 310 g/mol. The highest BCUT2D eigenvalue weighted by atomic mass is 32.2. The first-order valence-electron chi connectivity index (χ1n) is 8.67. The number of nitrogens with zero attached hydrogens (tertiary/aromatic N) is 2. The van der Waals surface area contributed by atoms with E-state index in [1.807, 2.05) is 0 Å². The zero-order chi connectivity index (χ0) is 15.1. The van der Waals surface area contributed by atoms with Crippen molar-refractivity contribution in [1.29, 1.82) is 0 Å². The quantitative estimate of drug-likeness (QED) is 0.746. The highest BCUT2D eigenvalue weighted by Crippen LogP contribution is 2.30. The van der Waals surface area contributed by atoms with Crippen LogP contribution in [0.4, 0.5) is 0 Å². The third-order valence-corrected chi connectivity index (χ3v) is 6.00. The molecule has 0 saturated carbocycles. The van der Waals surface area contributed by atoms with Crippen LogP contribution in [0.3, 0.4) is 0 Å². The normalized spacial score (nSPS) is 20.3. The highest BCUT2D eigenvalue weighted by molar-refractivity contribution is 8.00. The molecular formula is C17H31N3S. The van der Waals surface area contributed by atoms with Gasteiger partial charge in [-0.3, -0.25) is 4.68 Å². The minimum Gasteiger partial charge on any atom is -0.312 e. The van der Waals surface area contributed by atoms with Gasteiger partial charge in [0.05, 0.1) is 11.7 Å². The van der Waals surface area contributed by atoms with Crippen molar-refractivity contribution in [3.05, 3.63) is 18.0 Å². The van der Waals surface area contributed by atoms with E-state index in [0.29, 0.717) is 12.1 Å². The molecule has 120 valence electrons. The molecule has 1 fully saturated rings. The summed E-state index contributed by atoms with van der Waals surface area (Å²) in [4.78, 5) is 0. The van der Waals surface area contributed by atoms with Crippen LogP contribution in [0.25, 0.3) is 0 Å². The molecule has 1 aromatic rings. The lowest BCUT2D eigenvalue weighted by Gasteiger charge is -2.23. The molecule has 2 heterocycles. The number of hydrogen-bond donors (Lipinski definition) is 1. The summed E-state index contributed by atoms with van der Waals surface area (Å²) in [5, 5.41) is 9.37. The second-order valence-corrected chi connectivity index (χ2v) is 7.42. The van der Waals surface area contributed by atoms with Gasteiger partial charge in [-0.05, 0) is 50.5 Å². The van der Waals surface area contributed by atoms with Gasteiger partial charge in [-0.1, -0.05) is 20.8 Å². The largest absolute Gasteiger partial charge is 0.312 e. The third kappa shape index (κ3) is 4.75. The lowest BCUT2D eigenvalue weighted by molar-refractivity contribution is 0.419. The Hall–Kier alpha value is -0.480. The van der Waals surface area contributed by atoms with Crippen LogP contribution in [-0.2, 0) is 6.42 Å². The second-order valence-electron chi connectivity index (χ2n) is 6.07. The van der Waals surface area contributed by atoms with E-state index in [9.17, 15) is 0 Å². The minimum atomic E-state index is 0.557. The molecule has 0 amide bonds. The highest BCUT2D eigenvalue weighted by Gasteiger charge is 2.26. The number of hydrogen-bond acceptors (Lipinski definition) is 3. The Morgan fingerprint density at radius 1 is 1.38 bits per heavy atom. The van der Waals surface area contributed by atoms with Gasteiger partial charge < -0.3 is 5.32 Å². The zero-order valence-electron chi connectivity index (χ0n) is 13.8. The van der Waals surface area contributed by atoms with Crippen LogP contribution in [0.15, 0.2) is 12.3 Å². The summed E-state index contributed by atoms with van der Waals surface area (Å²) in [6.07, 6.45) is 9.51. The Morgan fingerprint density at radius 2 is 2.19 bits per heavy atom. The van der Waals surface area contributed by atoms with Gasteiger partial charge in [0.2, 0.25) is 0 Å². The maximum atomic E-state index is 4.84. The fraction of sp³-hybridized carbons (Fsp3) is 0.824. The summed E-state index contributed by atoms with van der Waals surface area (Å²) in [5.74, 6) is 1.33. The molecule has 2 rings (SSSR count). The molecule has 1 aliphatic rings. The van der Waals surface area contributed by atoms with Crippen molar-refractivity contribution >= 4 is 11.8 Å². The maximum Gasteiger partial charge on any atom is 0.0640 e. The van der Waals surface area contributed by atoms with Crippen LogP contribution < -0.4 is 5.32 Å². The first-order chi connectivity index (χ1) is 10.3. The maximum absolute atomic E-state index is 4.84. The van der Waals surface area contributed by atoms with E-state index < -0.39 is 0 Å². The predicted octanol–water partition coefficient (Wildman–Crippen LogP) is 4.05. The van der Waals surface area contributed by atoms with Crippen molar-refractivity contribution in [1.82, 2.24) is 15.1 Å². The molecule has 0 radical (unpaired) electrons. The van der Waals surface area contributed by atoms with Crippen molar-refractivity contribution in [2.45, 2.75) is 76.6 Å². The molecule has 1 saturated heterocycles. The van der Waals surface area contributed by atoms with Gasteiger partial charge in [0.15, 0.2) is 0 Å². The van der Waals surface area contributed by atoms with Gasteiger partial charge in [-0.15, -0.1) is 0 Å². The number of nitrogens with one attached hydrogen (secondary N) is 1. The summed E-state index contributed by atoms with van der Waals surface area (Å²) in [6, 6.07) is 3.36. The van der Waals surface area contributed by atoms with Gasteiger partial charge in [0.25, 0.3) is 0 Å². The second kappa shape index (κ2) is 8.84. The SMILES string of the molecule is CCCNC(Cc1ccn(C(CC)CC)n1)C1CCCS1. The number of thioether (sulfide) groups is 1. The third-order valence-electron chi connectivity index (χ3n) is 4.48. The fourth-order valence-electron chi connectivity index (χ4n) is 3.16. The lowest BCUT2D eigenvalue weighted by atomic mass is 10.0. The summed E-state index contributed by atoms with van der Waals surface area (Å²) in [6.45, 7) is 7.86. The predicted molar refractivity (Wildman–Crippen MR) is 93.1 cm³/mol. The Labute approximate surface area is 134 Å². The van der Waals surface area contributed by atoms with Crippen LogP contribution in [0.2, 0.25) is 0 Å². The molecule has 1 aromatic heterocycles. The molecule has 0 spiro atoms. The standard InChI is InChI=1S/C17H31N3S/c1-4-10-18-16(17-8-7-12-21-17)13-14-9-11-20(19-14)15(5-2)6-3/h9,11,15-18H,4-8,10,12-13H2,1-3H3. The first-order valence-corrected chi connectivity index (χ1v) is 9.72. The molecule has 1 aliphatic heterocycles. The van der Waals surface area contributed by atoms with E-state index in [4.69, 9.17) is 5.10 Å². The van der Waals surface area contributed by atoms with Crippen LogP contribution >= 0.6 is 11.8 Å². The number of rotatable bonds is 9. The lowest BCUT2D eigenvalue weighted by Crippen LogP contribution is -2.39. The molecule has 0 aliphatic carbocycles. The van der Waals surface area contributed by atoms with E-state index in [0.717, 1.165) is 31.1 Å². The fourth-order valence-corrected chi connectivity index (χ4v) is 4.56. The van der Waals surface area contributed by atoms with Crippen LogP contribution in [0, 0.1) is 0 Å². The summed E-state index contributed by atoms with van der Waals surface area (Å²) in [7, 11) is 0. The Balaban J connectivity index is 1.98. The summed E-state index contributed by atoms with van der Waals surface area (Å²) < 4.78 is 2.17. The zero-order valence-corrected chi connectivity index (χ0v) is 14.7. The van der Waals surface area contributed by atoms with Gasteiger partial charge in [0.1, 0.15) is 0 Å². The van der Waals surface area contributed by atoms with Gasteiger partial charge >= 0.3 is 0 Å². The van der Waals surface area contributed by atoms with E-state index in [2.05, 4.69) is 54.8 Å². The van der Waals surface area contributed by atoms with Crippen LogP contribution in [-0.4, -0.2) is 33.4 Å². The van der Waals surface area contributed by atoms with E-state index in [1.165, 1.54) is 30.7 Å². The molecule has 0 bridgehead atoms. The molecule has 2 unspecified atom stereocenters. The number of aromatic nitrogens is 2. The topological polar surface area (TPSA) is 29.9 Å². The van der Waals surface area contributed by atoms with E-state index >= 15 is 0 Å². The Bertz CT molecular complexity index is 394. The van der Waals surface area contributed by atoms with Crippen molar-refractivity contribution in [2.24, 2.45) is 0 Å². The molecule has 3 nitrogen and oxygen atoms in total. The smallest absolute Gasteiger partial charge is 0.0640 e. The molecule has 4 heteroatoms. The Morgan fingerprint density at radius 3 is 2.81 bits per heavy atom. The van der Waals surface area contributed by atoms with Crippen LogP contribution in [0.5, 0.6) is 0 Å². The molecule has 1 N–H and O–H groups in total. The van der Waals surface area contributed by atoms with Crippen molar-refractivity contribution in [3.8, 4) is 0 Å². The first kappa shape index (κ1) is 16.9. The van der Waals surface area contributed by atoms with Gasteiger partial charge in [-0.25, -0.2) is 0 Å². The summed E-state index contributed by atoms with van der Waals surface area (Å²) in [5.41, 5.74) is 1.25. The van der Waals surface area contributed by atoms with Crippen LogP contribution in [0.1, 0.15) is 64.6 Å².